The van der Waals surface area contributed by atoms with Crippen molar-refractivity contribution in [3.8, 4) is 10.4 Å². The number of thiazole rings is 1. The van der Waals surface area contributed by atoms with Crippen molar-refractivity contribution >= 4 is 23.7 Å². The Morgan fingerprint density at radius 3 is 2.43 bits per heavy atom. The zero-order valence-corrected chi connectivity index (χ0v) is 19.4. The lowest BCUT2D eigenvalue weighted by molar-refractivity contribution is -0.134. The van der Waals surface area contributed by atoms with Crippen LogP contribution in [-0.4, -0.2) is 40.8 Å². The number of aromatic nitrogens is 1. The van der Waals surface area contributed by atoms with Gasteiger partial charge in [-0.2, -0.15) is 0 Å². The molecule has 3 atom stereocenters. The number of likely N-dealkylation sites (tertiary alicyclic amines) is 1. The van der Waals surface area contributed by atoms with E-state index in [2.05, 4.69) is 29.4 Å². The summed E-state index contributed by atoms with van der Waals surface area (Å²) >= 11 is 1.64. The molecule has 1 aromatic carbocycles. The van der Waals surface area contributed by atoms with Crippen LogP contribution in [0.15, 0.2) is 29.8 Å². The Balaban J connectivity index is 0.000000222. The molecule has 164 valence electrons. The van der Waals surface area contributed by atoms with E-state index in [0.717, 1.165) is 37.1 Å². The third-order valence-electron chi connectivity index (χ3n) is 5.58. The molecule has 0 saturated carbocycles. The van der Waals surface area contributed by atoms with Gasteiger partial charge in [0.05, 0.1) is 28.2 Å². The smallest absolute Gasteiger partial charge is 0.239 e. The summed E-state index contributed by atoms with van der Waals surface area (Å²) < 4.78 is 0. The van der Waals surface area contributed by atoms with Crippen molar-refractivity contribution in [1.82, 2.24) is 15.2 Å². The zero-order chi connectivity index (χ0) is 22.3. The number of nitrogens with two attached hydrogens (primary N) is 1. The first-order chi connectivity index (χ1) is 14.3. The molecule has 0 spiro atoms. The minimum atomic E-state index is -0.319. The number of carbonyl (C=O) groups excluding carboxylic acids is 2. The Hall–Kier alpha value is -2.25. The van der Waals surface area contributed by atoms with Crippen molar-refractivity contribution in [2.24, 2.45) is 11.7 Å². The van der Waals surface area contributed by atoms with E-state index in [1.165, 1.54) is 10.4 Å². The molecule has 1 saturated heterocycles. The number of hydrogen-bond donors (Lipinski definition) is 2. The molecule has 30 heavy (non-hydrogen) atoms. The van der Waals surface area contributed by atoms with E-state index in [1.54, 1.807) is 11.3 Å². The Kier molecular flexibility index (Phi) is 8.99. The van der Waals surface area contributed by atoms with Crippen LogP contribution < -0.4 is 11.1 Å². The van der Waals surface area contributed by atoms with E-state index >= 15 is 0 Å². The standard InChI is InChI=1S/C13H14N2OS.C10H20N2O/c1-9(14-7-16)11-3-5-12(6-4-11)13-10(2)15-8-17-13;1-7(2)9(11)10(13)12-6-4-5-8(12)3/h3-9H,1-2H3,(H,14,16);7-9H,4-6,11H2,1-3H3. The van der Waals surface area contributed by atoms with Crippen molar-refractivity contribution in [2.45, 2.75) is 65.6 Å². The maximum atomic E-state index is 11.8. The fourth-order valence-electron chi connectivity index (χ4n) is 3.44. The highest BCUT2D eigenvalue weighted by atomic mass is 32.1. The predicted molar refractivity (Wildman–Crippen MR) is 123 cm³/mol. The number of aryl methyl sites for hydroxylation is 1. The first-order valence-corrected chi connectivity index (χ1v) is 11.4. The lowest BCUT2D eigenvalue weighted by Crippen LogP contribution is -2.47. The number of nitrogens with zero attached hydrogens (tertiary/aromatic N) is 2. The number of hydrogen-bond acceptors (Lipinski definition) is 5. The van der Waals surface area contributed by atoms with Crippen molar-refractivity contribution < 1.29 is 9.59 Å². The molecule has 7 heteroatoms. The SMILES string of the molecule is CC(C)C(N)C(=O)N1CCCC1C.Cc1ncsc1-c1ccc(C(C)NC=O)cc1. The highest BCUT2D eigenvalue weighted by Gasteiger charge is 2.29. The molecule has 2 amide bonds. The Bertz CT molecular complexity index is 819. The van der Waals surface area contributed by atoms with E-state index in [9.17, 15) is 9.59 Å². The van der Waals surface area contributed by atoms with Crippen LogP contribution >= 0.6 is 11.3 Å². The highest BCUT2D eigenvalue weighted by molar-refractivity contribution is 7.13. The van der Waals surface area contributed by atoms with E-state index in [-0.39, 0.29) is 23.9 Å². The van der Waals surface area contributed by atoms with Gasteiger partial charge in [0.2, 0.25) is 12.3 Å². The second-order valence-electron chi connectivity index (χ2n) is 8.19. The molecule has 3 N–H and O–H groups in total. The Morgan fingerprint density at radius 2 is 1.97 bits per heavy atom. The molecule has 0 radical (unpaired) electrons. The molecule has 3 rings (SSSR count). The van der Waals surface area contributed by atoms with E-state index in [1.807, 2.05) is 50.2 Å². The van der Waals surface area contributed by atoms with Crippen LogP contribution in [-0.2, 0) is 9.59 Å². The fourth-order valence-corrected chi connectivity index (χ4v) is 4.25. The summed E-state index contributed by atoms with van der Waals surface area (Å²) in [5.41, 5.74) is 11.0. The molecule has 1 aromatic heterocycles. The summed E-state index contributed by atoms with van der Waals surface area (Å²) in [6.07, 6.45) is 2.97. The van der Waals surface area contributed by atoms with Crippen LogP contribution in [0.1, 0.15) is 57.8 Å². The first kappa shape index (κ1) is 24.0. The predicted octanol–water partition coefficient (Wildman–Crippen LogP) is 3.91. The van der Waals surface area contributed by atoms with Gasteiger partial charge in [0.25, 0.3) is 0 Å². The van der Waals surface area contributed by atoms with Crippen LogP contribution in [0.5, 0.6) is 0 Å². The van der Waals surface area contributed by atoms with E-state index in [0.29, 0.717) is 6.04 Å². The third-order valence-corrected chi connectivity index (χ3v) is 6.55. The number of rotatable bonds is 6. The molecule has 1 aliphatic rings. The van der Waals surface area contributed by atoms with E-state index < -0.39 is 0 Å². The molecular formula is C23H34N4O2S. The fraction of sp³-hybridized carbons (Fsp3) is 0.522. The lowest BCUT2D eigenvalue weighted by Gasteiger charge is -2.26. The van der Waals surface area contributed by atoms with Crippen LogP contribution in [0, 0.1) is 12.8 Å². The van der Waals surface area contributed by atoms with E-state index in [4.69, 9.17) is 5.73 Å². The van der Waals surface area contributed by atoms with Gasteiger partial charge in [-0.25, -0.2) is 4.98 Å². The quantitative estimate of drug-likeness (QED) is 0.680. The molecule has 2 aromatic rings. The van der Waals surface area contributed by atoms with Crippen LogP contribution in [0.2, 0.25) is 0 Å². The minimum Gasteiger partial charge on any atom is -0.352 e. The Morgan fingerprint density at radius 1 is 1.30 bits per heavy atom. The molecule has 1 aliphatic heterocycles. The van der Waals surface area contributed by atoms with Gasteiger partial charge in [0.15, 0.2) is 0 Å². The van der Waals surface area contributed by atoms with Gasteiger partial charge in [-0.05, 0) is 50.7 Å². The minimum absolute atomic E-state index is 0.0455. The van der Waals surface area contributed by atoms with Crippen molar-refractivity contribution in [1.29, 1.82) is 0 Å². The Labute approximate surface area is 183 Å². The number of benzene rings is 1. The number of carbonyl (C=O) groups is 2. The average Bonchev–Trinajstić information content (AvgIpc) is 3.35. The lowest BCUT2D eigenvalue weighted by atomic mass is 10.0. The summed E-state index contributed by atoms with van der Waals surface area (Å²) in [6.45, 7) is 10.9. The van der Waals surface area contributed by atoms with Gasteiger partial charge in [-0.3, -0.25) is 9.59 Å². The average molecular weight is 431 g/mol. The highest BCUT2D eigenvalue weighted by Crippen LogP contribution is 2.28. The summed E-state index contributed by atoms with van der Waals surface area (Å²) in [6, 6.07) is 8.32. The third kappa shape index (κ3) is 6.12. The van der Waals surface area contributed by atoms with Crippen LogP contribution in [0.3, 0.4) is 0 Å². The first-order valence-electron chi connectivity index (χ1n) is 10.5. The van der Waals surface area contributed by atoms with Gasteiger partial charge < -0.3 is 16.0 Å². The summed E-state index contributed by atoms with van der Waals surface area (Å²) in [5, 5.41) is 2.74. The van der Waals surface area contributed by atoms with Gasteiger partial charge in [-0.1, -0.05) is 38.1 Å². The summed E-state index contributed by atoms with van der Waals surface area (Å²) in [7, 11) is 0. The zero-order valence-electron chi connectivity index (χ0n) is 18.6. The van der Waals surface area contributed by atoms with Crippen molar-refractivity contribution in [3.63, 3.8) is 0 Å². The van der Waals surface area contributed by atoms with Crippen LogP contribution in [0.4, 0.5) is 0 Å². The molecule has 2 heterocycles. The second-order valence-corrected chi connectivity index (χ2v) is 9.04. The summed E-state index contributed by atoms with van der Waals surface area (Å²) in [4.78, 5) is 29.5. The van der Waals surface area contributed by atoms with Crippen molar-refractivity contribution in [2.75, 3.05) is 6.54 Å². The van der Waals surface area contributed by atoms with Gasteiger partial charge in [0.1, 0.15) is 0 Å². The largest absolute Gasteiger partial charge is 0.352 e. The summed E-state index contributed by atoms with van der Waals surface area (Å²) in [5.74, 6) is 0.361. The monoisotopic (exact) mass is 430 g/mol. The maximum Gasteiger partial charge on any atom is 0.239 e. The van der Waals surface area contributed by atoms with Gasteiger partial charge >= 0.3 is 0 Å². The maximum absolute atomic E-state index is 11.8. The molecule has 3 unspecified atom stereocenters. The molecule has 0 bridgehead atoms. The van der Waals surface area contributed by atoms with Gasteiger partial charge in [-0.15, -0.1) is 11.3 Å². The molecule has 1 fully saturated rings. The molecule has 0 aliphatic carbocycles. The topological polar surface area (TPSA) is 88.3 Å². The normalized spacial score (nSPS) is 17.8. The van der Waals surface area contributed by atoms with Crippen molar-refractivity contribution in [3.05, 3.63) is 41.0 Å². The second kappa shape index (κ2) is 11.2. The molecule has 6 nitrogen and oxygen atoms in total. The van der Waals surface area contributed by atoms with Crippen LogP contribution in [0.25, 0.3) is 10.4 Å². The number of nitrogens with one attached hydrogen (secondary N) is 1. The number of amides is 2. The molecular weight excluding hydrogens is 396 g/mol. The van der Waals surface area contributed by atoms with Gasteiger partial charge in [0, 0.05) is 12.6 Å².